The van der Waals surface area contributed by atoms with Crippen LogP contribution >= 0.6 is 0 Å². The molecule has 3 aromatic rings. The van der Waals surface area contributed by atoms with Gasteiger partial charge >= 0.3 is 12.1 Å². The van der Waals surface area contributed by atoms with Crippen LogP contribution < -0.4 is 19.6 Å². The molecule has 0 bridgehead atoms. The van der Waals surface area contributed by atoms with Crippen LogP contribution in [-0.2, 0) is 11.0 Å². The van der Waals surface area contributed by atoms with Crippen molar-refractivity contribution in [2.75, 3.05) is 7.11 Å². The molecule has 2 aromatic carbocycles. The first kappa shape index (κ1) is 19.3. The molecule has 0 unspecified atom stereocenters. The van der Waals surface area contributed by atoms with Gasteiger partial charge in [0.15, 0.2) is 11.5 Å². The van der Waals surface area contributed by atoms with Gasteiger partial charge in [-0.25, -0.2) is 0 Å². The number of halogens is 3. The molecule has 1 aromatic heterocycles. The summed E-state index contributed by atoms with van der Waals surface area (Å²) >= 11 is 0. The summed E-state index contributed by atoms with van der Waals surface area (Å²) < 4.78 is 60.6. The third-order valence-electron chi connectivity index (χ3n) is 3.62. The summed E-state index contributed by atoms with van der Waals surface area (Å²) in [6, 6.07) is 9.41. The third kappa shape index (κ3) is 3.78. The number of benzene rings is 2. The quantitative estimate of drug-likeness (QED) is 0.478. The molecule has 28 heavy (non-hydrogen) atoms. The molecule has 1 heterocycles. The fourth-order valence-corrected chi connectivity index (χ4v) is 2.48. The number of esters is 1. The van der Waals surface area contributed by atoms with Crippen molar-refractivity contribution in [2.24, 2.45) is 0 Å². The summed E-state index contributed by atoms with van der Waals surface area (Å²) in [5, 5.41) is -0.172. The Kier molecular flexibility index (Phi) is 5.00. The Hall–Kier alpha value is -3.49. The predicted molar refractivity (Wildman–Crippen MR) is 91.9 cm³/mol. The van der Waals surface area contributed by atoms with Crippen molar-refractivity contribution in [3.8, 4) is 23.0 Å². The highest BCUT2D eigenvalue weighted by molar-refractivity contribution is 5.81. The van der Waals surface area contributed by atoms with E-state index in [0.29, 0.717) is 0 Å². The van der Waals surface area contributed by atoms with Gasteiger partial charge in [0.1, 0.15) is 11.3 Å². The van der Waals surface area contributed by atoms with Crippen molar-refractivity contribution in [1.82, 2.24) is 0 Å². The second-order valence-corrected chi connectivity index (χ2v) is 5.59. The molecule has 0 spiro atoms. The first-order chi connectivity index (χ1) is 13.2. The Morgan fingerprint density at radius 1 is 1.07 bits per heavy atom. The number of hydrogen-bond acceptors (Lipinski definition) is 6. The fraction of sp³-hybridized carbons (Fsp3) is 0.158. The maximum Gasteiger partial charge on any atom is 0.453 e. The van der Waals surface area contributed by atoms with Gasteiger partial charge in [0.05, 0.1) is 12.5 Å². The van der Waals surface area contributed by atoms with E-state index in [1.165, 1.54) is 37.4 Å². The lowest BCUT2D eigenvalue weighted by molar-refractivity contribution is -0.154. The van der Waals surface area contributed by atoms with Crippen LogP contribution in [0.5, 0.6) is 23.0 Å². The molecule has 3 rings (SSSR count). The highest BCUT2D eigenvalue weighted by atomic mass is 19.4. The highest BCUT2D eigenvalue weighted by Crippen LogP contribution is 2.40. The zero-order valence-corrected chi connectivity index (χ0v) is 14.6. The van der Waals surface area contributed by atoms with Crippen molar-refractivity contribution in [1.29, 1.82) is 0 Å². The van der Waals surface area contributed by atoms with E-state index in [1.54, 1.807) is 6.07 Å². The maximum atomic E-state index is 13.5. The van der Waals surface area contributed by atoms with Crippen molar-refractivity contribution < 1.29 is 36.6 Å². The number of carbonyl (C=O) groups excluding carboxylic acids is 1. The Bertz CT molecular complexity index is 1100. The molecule has 0 radical (unpaired) electrons. The van der Waals surface area contributed by atoms with Crippen LogP contribution in [-0.4, -0.2) is 13.1 Å². The Balaban J connectivity index is 2.22. The molecular formula is C19H13F3O6. The number of ether oxygens (including phenoxy) is 3. The van der Waals surface area contributed by atoms with E-state index in [0.717, 1.165) is 13.0 Å². The SMILES string of the molecule is COc1ccccc1Oc1c(C(F)(F)F)oc2cc(OC(C)=O)ccc2c1=O. The van der Waals surface area contributed by atoms with E-state index < -0.39 is 34.7 Å². The maximum absolute atomic E-state index is 13.5. The van der Waals surface area contributed by atoms with Crippen LogP contribution in [0.15, 0.2) is 51.7 Å². The number of rotatable bonds is 4. The largest absolute Gasteiger partial charge is 0.493 e. The van der Waals surface area contributed by atoms with Crippen molar-refractivity contribution in [2.45, 2.75) is 13.1 Å². The molecule has 0 fully saturated rings. The summed E-state index contributed by atoms with van der Waals surface area (Å²) in [6.07, 6.45) is -5.01. The Morgan fingerprint density at radius 2 is 1.75 bits per heavy atom. The molecule has 9 heteroatoms. The van der Waals surface area contributed by atoms with Crippen molar-refractivity contribution in [3.63, 3.8) is 0 Å². The smallest absolute Gasteiger partial charge is 0.453 e. The summed E-state index contributed by atoms with van der Waals surface area (Å²) in [5.74, 6) is -3.32. The minimum absolute atomic E-state index is 0.0605. The molecule has 0 aliphatic rings. The normalized spacial score (nSPS) is 11.3. The lowest BCUT2D eigenvalue weighted by atomic mass is 10.2. The predicted octanol–water partition coefficient (Wildman–Crippen LogP) is 4.54. The fourth-order valence-electron chi connectivity index (χ4n) is 2.48. The van der Waals surface area contributed by atoms with Crippen LogP contribution in [0.4, 0.5) is 13.2 Å². The molecule has 6 nitrogen and oxygen atoms in total. The van der Waals surface area contributed by atoms with E-state index in [2.05, 4.69) is 0 Å². The van der Waals surface area contributed by atoms with Gasteiger partial charge in [-0.05, 0) is 24.3 Å². The van der Waals surface area contributed by atoms with Gasteiger partial charge in [0.25, 0.3) is 5.76 Å². The first-order valence-corrected chi connectivity index (χ1v) is 7.88. The monoisotopic (exact) mass is 394 g/mol. The number of hydrogen-bond donors (Lipinski definition) is 0. The van der Waals surface area contributed by atoms with E-state index in [9.17, 15) is 22.8 Å². The Morgan fingerprint density at radius 3 is 2.36 bits per heavy atom. The van der Waals surface area contributed by atoms with Crippen LogP contribution in [0, 0.1) is 0 Å². The van der Waals surface area contributed by atoms with Crippen molar-refractivity contribution in [3.05, 3.63) is 58.4 Å². The van der Waals surface area contributed by atoms with Crippen molar-refractivity contribution >= 4 is 16.9 Å². The van der Waals surface area contributed by atoms with Gasteiger partial charge in [0.2, 0.25) is 11.2 Å². The second kappa shape index (κ2) is 7.26. The summed E-state index contributed by atoms with van der Waals surface area (Å²) in [5.41, 5.74) is -1.43. The van der Waals surface area contributed by atoms with E-state index >= 15 is 0 Å². The Labute approximate surface area is 156 Å². The number of fused-ring (bicyclic) bond motifs is 1. The zero-order valence-electron chi connectivity index (χ0n) is 14.6. The van der Waals surface area contributed by atoms with Crippen LogP contribution in [0.2, 0.25) is 0 Å². The minimum atomic E-state index is -5.01. The molecule has 146 valence electrons. The van der Waals surface area contributed by atoms with Gasteiger partial charge in [-0.15, -0.1) is 0 Å². The molecule has 0 saturated heterocycles. The molecule has 0 saturated carbocycles. The summed E-state index contributed by atoms with van der Waals surface area (Å²) in [7, 11) is 1.31. The summed E-state index contributed by atoms with van der Waals surface area (Å²) in [4.78, 5) is 23.7. The standard InChI is InChI=1S/C19H13F3O6/c1-10(23)26-11-7-8-12-15(9-11)28-18(19(20,21)22)17(16(12)24)27-14-6-4-3-5-13(14)25-2/h3-9H,1-2H3. The van der Waals surface area contributed by atoms with Gasteiger partial charge in [0, 0.05) is 13.0 Å². The summed E-state index contributed by atoms with van der Waals surface area (Å²) in [6.45, 7) is 1.13. The van der Waals surface area contributed by atoms with E-state index in [1.807, 2.05) is 0 Å². The average Bonchev–Trinajstić information content (AvgIpc) is 2.62. The van der Waals surface area contributed by atoms with Gasteiger partial charge in [-0.2, -0.15) is 13.2 Å². The third-order valence-corrected chi connectivity index (χ3v) is 3.62. The number of carbonyl (C=O) groups is 1. The molecular weight excluding hydrogens is 381 g/mol. The molecule has 0 amide bonds. The van der Waals surface area contributed by atoms with Gasteiger partial charge in [-0.3, -0.25) is 9.59 Å². The average molecular weight is 394 g/mol. The number of para-hydroxylation sites is 2. The van der Waals surface area contributed by atoms with Gasteiger partial charge in [-0.1, -0.05) is 12.1 Å². The molecule has 0 atom stereocenters. The number of methoxy groups -OCH3 is 1. The zero-order chi connectivity index (χ0) is 20.5. The van der Waals surface area contributed by atoms with Crippen LogP contribution in [0.3, 0.4) is 0 Å². The van der Waals surface area contributed by atoms with Crippen LogP contribution in [0.1, 0.15) is 12.7 Å². The van der Waals surface area contributed by atoms with Gasteiger partial charge < -0.3 is 18.6 Å². The lowest BCUT2D eigenvalue weighted by Crippen LogP contribution is -2.15. The van der Waals surface area contributed by atoms with Crippen LogP contribution in [0.25, 0.3) is 11.0 Å². The van der Waals surface area contributed by atoms with E-state index in [4.69, 9.17) is 18.6 Å². The molecule has 0 aliphatic carbocycles. The minimum Gasteiger partial charge on any atom is -0.493 e. The number of alkyl halides is 3. The lowest BCUT2D eigenvalue weighted by Gasteiger charge is -2.15. The topological polar surface area (TPSA) is 75.0 Å². The molecule has 0 N–H and O–H groups in total. The van der Waals surface area contributed by atoms with E-state index in [-0.39, 0.29) is 22.6 Å². The molecule has 0 aliphatic heterocycles. The highest BCUT2D eigenvalue weighted by Gasteiger charge is 2.40. The first-order valence-electron chi connectivity index (χ1n) is 7.88. The second-order valence-electron chi connectivity index (χ2n) is 5.59.